The maximum atomic E-state index is 5.26. The molecule has 3 heteroatoms. The van der Waals surface area contributed by atoms with Crippen LogP contribution in [0.1, 0.15) is 25.0 Å². The third-order valence-corrected chi connectivity index (χ3v) is 12.7. The highest BCUT2D eigenvalue weighted by atomic mass is 15.0. The molecular weight excluding hydrogens is 715 g/mol. The molecule has 8 aromatic carbocycles. The maximum absolute atomic E-state index is 5.26. The van der Waals surface area contributed by atoms with Crippen molar-refractivity contribution in [2.45, 2.75) is 19.3 Å². The first kappa shape index (κ1) is 33.6. The van der Waals surface area contributed by atoms with Gasteiger partial charge >= 0.3 is 0 Å². The monoisotopic (exact) mass is 753 g/mol. The van der Waals surface area contributed by atoms with Gasteiger partial charge in [0, 0.05) is 55.0 Å². The number of rotatable bonds is 5. The fraction of sp³-hybridized carbons (Fsp3) is 0.0536. The summed E-state index contributed by atoms with van der Waals surface area (Å²) in [5.74, 6) is 0. The van der Waals surface area contributed by atoms with Gasteiger partial charge in [0.2, 0.25) is 0 Å². The molecule has 0 unspecified atom stereocenters. The Morgan fingerprint density at radius 1 is 0.407 bits per heavy atom. The van der Waals surface area contributed by atoms with Gasteiger partial charge in [0.25, 0.3) is 0 Å². The van der Waals surface area contributed by atoms with Crippen molar-refractivity contribution in [3.63, 3.8) is 0 Å². The molecule has 0 saturated heterocycles. The average Bonchev–Trinajstić information content (AvgIpc) is 3.90. The van der Waals surface area contributed by atoms with Gasteiger partial charge in [-0.1, -0.05) is 166 Å². The quantitative estimate of drug-likeness (QED) is 0.172. The second kappa shape index (κ2) is 12.8. The maximum Gasteiger partial charge on any atom is 0.0715 e. The van der Waals surface area contributed by atoms with Gasteiger partial charge in [0.05, 0.1) is 33.5 Å². The van der Waals surface area contributed by atoms with Gasteiger partial charge in [-0.25, -0.2) is 4.98 Å². The first-order valence-electron chi connectivity index (χ1n) is 20.5. The Hall–Kier alpha value is -7.49. The van der Waals surface area contributed by atoms with Gasteiger partial charge in [-0.15, -0.1) is 0 Å². The Bertz CT molecular complexity index is 3370. The minimum Gasteiger partial charge on any atom is -0.309 e. The fourth-order valence-electron chi connectivity index (χ4n) is 10.1. The Morgan fingerprint density at radius 3 is 1.56 bits per heavy atom. The number of nitrogens with zero attached hydrogens (tertiary/aromatic N) is 3. The van der Waals surface area contributed by atoms with Crippen molar-refractivity contribution in [2.75, 3.05) is 0 Å². The van der Waals surface area contributed by atoms with Crippen LogP contribution in [0.3, 0.4) is 0 Å². The summed E-state index contributed by atoms with van der Waals surface area (Å²) < 4.78 is 5.04. The molecule has 12 rings (SSSR count). The summed E-state index contributed by atoms with van der Waals surface area (Å²) in [6.45, 7) is 4.83. The minimum absolute atomic E-state index is 0.235. The molecule has 1 aliphatic carbocycles. The summed E-state index contributed by atoms with van der Waals surface area (Å²) in [6, 6.07) is 72.5. The van der Waals surface area contributed by atoms with E-state index >= 15 is 0 Å². The van der Waals surface area contributed by atoms with E-state index in [1.54, 1.807) is 0 Å². The lowest BCUT2D eigenvalue weighted by atomic mass is 9.80. The van der Waals surface area contributed by atoms with Gasteiger partial charge in [0.15, 0.2) is 0 Å². The number of fused-ring (bicyclic) bond motifs is 12. The highest BCUT2D eigenvalue weighted by molar-refractivity contribution is 6.31. The zero-order valence-electron chi connectivity index (χ0n) is 32.9. The molecule has 0 amide bonds. The van der Waals surface area contributed by atoms with Crippen LogP contribution in [-0.4, -0.2) is 14.1 Å². The third-order valence-electron chi connectivity index (χ3n) is 12.7. The number of hydrogen-bond donors (Lipinski definition) is 0. The van der Waals surface area contributed by atoms with Crippen molar-refractivity contribution in [1.82, 2.24) is 14.1 Å². The number of aromatic nitrogens is 3. The van der Waals surface area contributed by atoms with Gasteiger partial charge < -0.3 is 9.13 Å². The molecule has 0 aliphatic heterocycles. The van der Waals surface area contributed by atoms with E-state index in [1.165, 1.54) is 71.4 Å². The number of pyridine rings is 1. The molecule has 0 radical (unpaired) electrons. The first-order valence-corrected chi connectivity index (χ1v) is 20.5. The Kier molecular flexibility index (Phi) is 7.27. The fourth-order valence-corrected chi connectivity index (χ4v) is 10.1. The predicted octanol–water partition coefficient (Wildman–Crippen LogP) is 14.6. The molecule has 278 valence electrons. The molecule has 0 saturated carbocycles. The van der Waals surface area contributed by atoms with Crippen molar-refractivity contribution in [3.8, 4) is 56.1 Å². The van der Waals surface area contributed by atoms with E-state index in [1.807, 2.05) is 0 Å². The SMILES string of the molecule is CC1(C)c2ccccc2-c2c1c1c3ccccc3n(-c3ccccc3)c1c1c3ccccc3n(-c3ccc(-c4cc(-c5ccccc5)cc(-c5ccccc5)n4)cc3)c21. The second-order valence-corrected chi connectivity index (χ2v) is 16.3. The van der Waals surface area contributed by atoms with Gasteiger partial charge in [-0.05, 0) is 76.3 Å². The van der Waals surface area contributed by atoms with Crippen LogP contribution in [0, 0.1) is 0 Å². The van der Waals surface area contributed by atoms with E-state index in [9.17, 15) is 0 Å². The van der Waals surface area contributed by atoms with E-state index in [0.29, 0.717) is 0 Å². The van der Waals surface area contributed by atoms with Crippen LogP contribution in [0.15, 0.2) is 200 Å². The van der Waals surface area contributed by atoms with E-state index in [4.69, 9.17) is 4.98 Å². The lowest BCUT2D eigenvalue weighted by Gasteiger charge is -2.23. The van der Waals surface area contributed by atoms with E-state index < -0.39 is 0 Å². The topological polar surface area (TPSA) is 22.8 Å². The summed E-state index contributed by atoms with van der Waals surface area (Å²) >= 11 is 0. The summed E-state index contributed by atoms with van der Waals surface area (Å²) in [7, 11) is 0. The number of para-hydroxylation sites is 3. The minimum atomic E-state index is -0.235. The zero-order chi connectivity index (χ0) is 39.2. The van der Waals surface area contributed by atoms with Crippen LogP contribution in [0.2, 0.25) is 0 Å². The molecule has 0 bridgehead atoms. The Morgan fingerprint density at radius 2 is 0.898 bits per heavy atom. The standard InChI is InChI=1S/C56H39N3/c1-56(2)45-27-15-12-24-42(45)50-53(56)51-43-25-13-16-28-48(43)58(40-22-10-5-11-23-40)55(51)52-44-26-14-17-29-49(44)59(54(50)52)41-32-30-38(31-33-41)47-35-39(36-18-6-3-7-19-36)34-46(57-47)37-20-8-4-9-21-37/h3-35H,1-2H3. The van der Waals surface area contributed by atoms with Gasteiger partial charge in [0.1, 0.15) is 0 Å². The molecule has 3 aromatic heterocycles. The summed E-state index contributed by atoms with van der Waals surface area (Å²) in [6.07, 6.45) is 0. The van der Waals surface area contributed by atoms with Crippen molar-refractivity contribution < 1.29 is 0 Å². The molecule has 0 N–H and O–H groups in total. The van der Waals surface area contributed by atoms with Crippen LogP contribution >= 0.6 is 0 Å². The van der Waals surface area contributed by atoms with Crippen LogP contribution in [-0.2, 0) is 5.41 Å². The molecule has 0 spiro atoms. The Balaban J connectivity index is 1.17. The first-order chi connectivity index (χ1) is 29.1. The summed E-state index contributed by atoms with van der Waals surface area (Å²) in [5, 5.41) is 5.14. The normalized spacial score (nSPS) is 13.1. The highest BCUT2D eigenvalue weighted by Gasteiger charge is 2.41. The van der Waals surface area contributed by atoms with Crippen LogP contribution < -0.4 is 0 Å². The molecule has 59 heavy (non-hydrogen) atoms. The molecule has 0 atom stereocenters. The van der Waals surface area contributed by atoms with Crippen LogP contribution in [0.4, 0.5) is 0 Å². The molecule has 3 heterocycles. The molecule has 0 fully saturated rings. The van der Waals surface area contributed by atoms with Crippen LogP contribution in [0.25, 0.3) is 99.8 Å². The van der Waals surface area contributed by atoms with Gasteiger partial charge in [-0.3, -0.25) is 0 Å². The van der Waals surface area contributed by atoms with E-state index in [-0.39, 0.29) is 5.41 Å². The van der Waals surface area contributed by atoms with Crippen molar-refractivity contribution >= 4 is 43.6 Å². The second-order valence-electron chi connectivity index (χ2n) is 16.3. The number of benzene rings is 8. The largest absolute Gasteiger partial charge is 0.309 e. The predicted molar refractivity (Wildman–Crippen MR) is 247 cm³/mol. The van der Waals surface area contributed by atoms with Crippen LogP contribution in [0.5, 0.6) is 0 Å². The molecule has 11 aromatic rings. The van der Waals surface area contributed by atoms with E-state index in [2.05, 4.69) is 223 Å². The zero-order valence-corrected chi connectivity index (χ0v) is 32.9. The molecule has 3 nitrogen and oxygen atoms in total. The number of hydrogen-bond acceptors (Lipinski definition) is 1. The van der Waals surface area contributed by atoms with Crippen molar-refractivity contribution in [2.24, 2.45) is 0 Å². The van der Waals surface area contributed by atoms with Crippen molar-refractivity contribution in [3.05, 3.63) is 211 Å². The lowest BCUT2D eigenvalue weighted by Crippen LogP contribution is -2.15. The Labute approximate surface area is 343 Å². The summed E-state index contributed by atoms with van der Waals surface area (Å²) in [5.41, 5.74) is 18.8. The average molecular weight is 754 g/mol. The van der Waals surface area contributed by atoms with E-state index in [0.717, 1.165) is 39.5 Å². The van der Waals surface area contributed by atoms with Crippen molar-refractivity contribution in [1.29, 1.82) is 0 Å². The van der Waals surface area contributed by atoms with Gasteiger partial charge in [-0.2, -0.15) is 0 Å². The highest BCUT2D eigenvalue weighted by Crippen LogP contribution is 2.58. The smallest absolute Gasteiger partial charge is 0.0715 e. The molecule has 1 aliphatic rings. The molecular formula is C56H39N3. The third kappa shape index (κ3) is 4.91. The lowest BCUT2D eigenvalue weighted by molar-refractivity contribution is 0.667. The summed E-state index contributed by atoms with van der Waals surface area (Å²) in [4.78, 5) is 5.26.